The highest BCUT2D eigenvalue weighted by atomic mass is 35.5. The minimum atomic E-state index is -0.415. The van der Waals surface area contributed by atoms with Crippen LogP contribution in [0.4, 0.5) is 5.69 Å². The van der Waals surface area contributed by atoms with Gasteiger partial charge in [-0.25, -0.2) is 0 Å². The molecule has 4 rings (SSSR count). The van der Waals surface area contributed by atoms with E-state index in [0.717, 1.165) is 12.1 Å². The summed E-state index contributed by atoms with van der Waals surface area (Å²) in [7, 11) is 1.83. The number of aromatic nitrogens is 2. The average Bonchev–Trinajstić information content (AvgIpc) is 3.27. The molecule has 2 N–H and O–H groups in total. The third-order valence-corrected chi connectivity index (χ3v) is 5.70. The second-order valence-corrected chi connectivity index (χ2v) is 7.32. The molecule has 4 atom stereocenters. The van der Waals surface area contributed by atoms with Crippen molar-refractivity contribution in [3.05, 3.63) is 12.4 Å². The number of fused-ring (bicyclic) bond motifs is 1. The van der Waals surface area contributed by atoms with Crippen LogP contribution < -0.4 is 15.5 Å². The molecule has 1 saturated carbocycles. The summed E-state index contributed by atoms with van der Waals surface area (Å²) in [5, 5.41) is 10.6. The van der Waals surface area contributed by atoms with Gasteiger partial charge in [0.2, 0.25) is 11.8 Å². The Morgan fingerprint density at radius 1 is 1.32 bits per heavy atom. The molecule has 25 heavy (non-hydrogen) atoms. The Labute approximate surface area is 153 Å². The van der Waals surface area contributed by atoms with Gasteiger partial charge in [-0.15, -0.1) is 12.4 Å². The van der Waals surface area contributed by atoms with Crippen LogP contribution in [0.3, 0.4) is 0 Å². The van der Waals surface area contributed by atoms with Gasteiger partial charge < -0.3 is 15.5 Å². The van der Waals surface area contributed by atoms with Gasteiger partial charge >= 0.3 is 0 Å². The van der Waals surface area contributed by atoms with Crippen LogP contribution in [-0.4, -0.2) is 46.3 Å². The Kier molecular flexibility index (Phi) is 5.34. The fourth-order valence-electron chi connectivity index (χ4n) is 4.41. The van der Waals surface area contributed by atoms with Crippen molar-refractivity contribution in [1.82, 2.24) is 20.4 Å². The lowest BCUT2D eigenvalue weighted by Crippen LogP contribution is -2.49. The number of aryl methyl sites for hydroxylation is 1. The van der Waals surface area contributed by atoms with E-state index >= 15 is 0 Å². The Bertz CT molecular complexity index is 635. The Morgan fingerprint density at radius 3 is 2.84 bits per heavy atom. The lowest BCUT2D eigenvalue weighted by molar-refractivity contribution is -0.127. The van der Waals surface area contributed by atoms with Crippen molar-refractivity contribution in [3.8, 4) is 0 Å². The van der Waals surface area contributed by atoms with Crippen molar-refractivity contribution in [2.75, 3.05) is 11.4 Å². The maximum Gasteiger partial charge on any atom is 0.249 e. The van der Waals surface area contributed by atoms with Gasteiger partial charge in [0.25, 0.3) is 0 Å². The van der Waals surface area contributed by atoms with E-state index in [4.69, 9.17) is 0 Å². The van der Waals surface area contributed by atoms with Crippen molar-refractivity contribution in [3.63, 3.8) is 0 Å². The molecule has 4 unspecified atom stereocenters. The zero-order valence-electron chi connectivity index (χ0n) is 14.5. The molecule has 1 aromatic heterocycles. The van der Waals surface area contributed by atoms with Gasteiger partial charge in [0.15, 0.2) is 0 Å². The van der Waals surface area contributed by atoms with Crippen molar-refractivity contribution in [2.24, 2.45) is 13.0 Å². The summed E-state index contributed by atoms with van der Waals surface area (Å²) in [6.45, 7) is 0.624. The van der Waals surface area contributed by atoms with Crippen LogP contribution in [0, 0.1) is 5.92 Å². The van der Waals surface area contributed by atoms with Crippen molar-refractivity contribution >= 4 is 29.9 Å². The highest BCUT2D eigenvalue weighted by molar-refractivity contribution is 6.01. The van der Waals surface area contributed by atoms with Gasteiger partial charge in [0.1, 0.15) is 6.04 Å². The predicted octanol–water partition coefficient (Wildman–Crippen LogP) is 0.984. The number of rotatable bonds is 3. The van der Waals surface area contributed by atoms with Gasteiger partial charge in [-0.2, -0.15) is 5.10 Å². The zero-order valence-corrected chi connectivity index (χ0v) is 15.3. The molecule has 3 fully saturated rings. The topological polar surface area (TPSA) is 79.3 Å². The Hall–Kier alpha value is -1.60. The molecule has 3 aliphatic rings. The molecule has 1 aliphatic carbocycles. The van der Waals surface area contributed by atoms with E-state index in [0.29, 0.717) is 24.9 Å². The van der Waals surface area contributed by atoms with Crippen molar-refractivity contribution in [1.29, 1.82) is 0 Å². The molecule has 0 spiro atoms. The van der Waals surface area contributed by atoms with Gasteiger partial charge in [0.05, 0.1) is 17.9 Å². The third kappa shape index (κ3) is 3.53. The normalized spacial score (nSPS) is 31.6. The minimum Gasteiger partial charge on any atom is -0.343 e. The predicted molar refractivity (Wildman–Crippen MR) is 96.6 cm³/mol. The molecule has 0 radical (unpaired) electrons. The highest BCUT2D eigenvalue weighted by Gasteiger charge is 2.40. The quantitative estimate of drug-likeness (QED) is 0.834. The molecule has 2 amide bonds. The van der Waals surface area contributed by atoms with Crippen LogP contribution in [0.2, 0.25) is 0 Å². The van der Waals surface area contributed by atoms with Gasteiger partial charge in [-0.05, 0) is 31.6 Å². The number of nitrogens with one attached hydrogen (secondary N) is 2. The van der Waals surface area contributed by atoms with Crippen LogP contribution in [0.25, 0.3) is 0 Å². The SMILES string of the molecule is Cl.Cn1cc(N2CCC(NC(=O)C3CC4CCCCC4N3)C2=O)cn1. The molecule has 1 aromatic rings. The molecule has 3 heterocycles. The number of halogens is 1. The maximum atomic E-state index is 12.6. The van der Waals surface area contributed by atoms with Crippen LogP contribution in [0.15, 0.2) is 12.4 Å². The number of hydrogen-bond donors (Lipinski definition) is 2. The molecule has 7 nitrogen and oxygen atoms in total. The van der Waals surface area contributed by atoms with Crippen molar-refractivity contribution in [2.45, 2.75) is 56.7 Å². The second kappa shape index (κ2) is 7.33. The standard InChI is InChI=1S/C17H25N5O2.ClH/c1-21-10-12(9-18-21)22-7-6-14(17(22)24)20-16(23)15-8-11-4-2-3-5-13(11)19-15;/h9-11,13-15,19H,2-8H2,1H3,(H,20,23);1H. The molecule has 138 valence electrons. The molecular formula is C17H26ClN5O2. The van der Waals surface area contributed by atoms with E-state index in [1.54, 1.807) is 15.8 Å². The maximum absolute atomic E-state index is 12.6. The summed E-state index contributed by atoms with van der Waals surface area (Å²) < 4.78 is 1.68. The summed E-state index contributed by atoms with van der Waals surface area (Å²) in [6.07, 6.45) is 9.99. The second-order valence-electron chi connectivity index (χ2n) is 7.32. The lowest BCUT2D eigenvalue weighted by atomic mass is 9.85. The zero-order chi connectivity index (χ0) is 16.7. The number of amides is 2. The van der Waals surface area contributed by atoms with Crippen molar-refractivity contribution < 1.29 is 9.59 Å². The van der Waals surface area contributed by atoms with Crippen LogP contribution >= 0.6 is 12.4 Å². The van der Waals surface area contributed by atoms with E-state index in [1.165, 1.54) is 25.7 Å². The first-order chi connectivity index (χ1) is 11.6. The lowest BCUT2D eigenvalue weighted by Gasteiger charge is -2.24. The first-order valence-corrected chi connectivity index (χ1v) is 8.98. The van der Waals surface area contributed by atoms with Crippen LogP contribution in [0.1, 0.15) is 38.5 Å². The van der Waals surface area contributed by atoms with E-state index in [2.05, 4.69) is 15.7 Å². The first-order valence-electron chi connectivity index (χ1n) is 8.98. The smallest absolute Gasteiger partial charge is 0.249 e. The Morgan fingerprint density at radius 2 is 2.12 bits per heavy atom. The molecule has 2 aliphatic heterocycles. The molecule has 2 saturated heterocycles. The molecule has 0 aromatic carbocycles. The summed E-state index contributed by atoms with van der Waals surface area (Å²) >= 11 is 0. The minimum absolute atomic E-state index is 0. The average molecular weight is 368 g/mol. The number of nitrogens with zero attached hydrogens (tertiary/aromatic N) is 3. The summed E-state index contributed by atoms with van der Waals surface area (Å²) in [4.78, 5) is 26.9. The summed E-state index contributed by atoms with van der Waals surface area (Å²) in [6, 6.07) is -0.0684. The summed E-state index contributed by atoms with van der Waals surface area (Å²) in [5.74, 6) is 0.572. The van der Waals surface area contributed by atoms with Gasteiger partial charge in [-0.1, -0.05) is 12.8 Å². The number of carbonyl (C=O) groups excluding carboxylic acids is 2. The monoisotopic (exact) mass is 367 g/mol. The summed E-state index contributed by atoms with van der Waals surface area (Å²) in [5.41, 5.74) is 0.796. The van der Waals surface area contributed by atoms with Gasteiger partial charge in [-0.3, -0.25) is 14.3 Å². The van der Waals surface area contributed by atoms with E-state index < -0.39 is 6.04 Å². The largest absolute Gasteiger partial charge is 0.343 e. The van der Waals surface area contributed by atoms with Crippen LogP contribution in [0.5, 0.6) is 0 Å². The molecule has 8 heteroatoms. The highest BCUT2D eigenvalue weighted by Crippen LogP contribution is 2.33. The van der Waals surface area contributed by atoms with Crippen LogP contribution in [-0.2, 0) is 16.6 Å². The van der Waals surface area contributed by atoms with E-state index in [1.807, 2.05) is 13.2 Å². The first kappa shape index (κ1) is 18.2. The fourth-order valence-corrected chi connectivity index (χ4v) is 4.41. The number of hydrogen-bond acceptors (Lipinski definition) is 4. The number of carbonyl (C=O) groups is 2. The molecular weight excluding hydrogens is 342 g/mol. The van der Waals surface area contributed by atoms with E-state index in [-0.39, 0.29) is 30.3 Å². The Balaban J connectivity index is 0.00000182. The van der Waals surface area contributed by atoms with E-state index in [9.17, 15) is 9.59 Å². The fraction of sp³-hybridized carbons (Fsp3) is 0.706. The number of anilines is 1. The third-order valence-electron chi connectivity index (χ3n) is 5.70. The molecule has 0 bridgehead atoms. The van der Waals surface area contributed by atoms with Gasteiger partial charge in [0, 0.05) is 25.8 Å².